The molecule has 2 aromatic rings. The predicted molar refractivity (Wildman–Crippen MR) is 88.6 cm³/mol. The number of aromatic nitrogens is 1. The fourth-order valence-corrected chi connectivity index (χ4v) is 2.72. The van der Waals surface area contributed by atoms with Crippen LogP contribution in [-0.4, -0.2) is 15.6 Å². The summed E-state index contributed by atoms with van der Waals surface area (Å²) in [4.78, 5) is 23.6. The van der Waals surface area contributed by atoms with Gasteiger partial charge in [-0.25, -0.2) is 9.18 Å². The van der Waals surface area contributed by atoms with Crippen LogP contribution in [0, 0.1) is 17.1 Å². The minimum Gasteiger partial charge on any atom is -0.477 e. The van der Waals surface area contributed by atoms with Crippen molar-refractivity contribution in [1.82, 2.24) is 4.57 Å². The minimum absolute atomic E-state index is 0.0320. The number of hydrogen-bond donors (Lipinski definition) is 1. The molecule has 1 aromatic carbocycles. The molecule has 0 saturated heterocycles. The average Bonchev–Trinajstić information content (AvgIpc) is 2.54. The molecule has 0 amide bonds. The molecule has 0 bridgehead atoms. The van der Waals surface area contributed by atoms with Gasteiger partial charge in [0.25, 0.3) is 0 Å². The molecule has 1 aromatic heterocycles. The smallest absolute Gasteiger partial charge is 0.341 e. The first-order chi connectivity index (χ1) is 11.5. The van der Waals surface area contributed by atoms with E-state index >= 15 is 0 Å². The van der Waals surface area contributed by atoms with E-state index in [1.807, 2.05) is 6.07 Å². The lowest BCUT2D eigenvalue weighted by Crippen LogP contribution is -2.19. The molecule has 126 valence electrons. The Hall–Kier alpha value is -2.68. The van der Waals surface area contributed by atoms with E-state index in [0.29, 0.717) is 12.1 Å². The summed E-state index contributed by atoms with van der Waals surface area (Å²) < 4.78 is 15.7. The van der Waals surface area contributed by atoms with E-state index < -0.39 is 17.2 Å². The van der Waals surface area contributed by atoms with Crippen molar-refractivity contribution in [1.29, 1.82) is 5.26 Å². The number of nitriles is 1. The van der Waals surface area contributed by atoms with Crippen LogP contribution in [0.25, 0.3) is 10.9 Å². The molecule has 0 aliphatic carbocycles. The van der Waals surface area contributed by atoms with Crippen molar-refractivity contribution in [3.63, 3.8) is 0 Å². The lowest BCUT2D eigenvalue weighted by atomic mass is 10.1. The van der Waals surface area contributed by atoms with Crippen LogP contribution in [0.3, 0.4) is 0 Å². The second-order valence-electron chi connectivity index (χ2n) is 5.73. The molecule has 0 atom stereocenters. The van der Waals surface area contributed by atoms with Gasteiger partial charge in [0, 0.05) is 23.7 Å². The molecule has 0 fully saturated rings. The maximum absolute atomic E-state index is 14.1. The highest BCUT2D eigenvalue weighted by Gasteiger charge is 2.16. The van der Waals surface area contributed by atoms with Gasteiger partial charge in [-0.3, -0.25) is 4.79 Å². The quantitative estimate of drug-likeness (QED) is 0.788. The first-order valence-corrected chi connectivity index (χ1v) is 7.95. The Labute approximate surface area is 139 Å². The Bertz CT molecular complexity index is 865. The van der Waals surface area contributed by atoms with E-state index in [9.17, 15) is 19.1 Å². The SMILES string of the molecule is CCCCCCn1cc(C(=O)O)c(=O)c2cc(F)c(CC#N)cc21. The van der Waals surface area contributed by atoms with Crippen molar-refractivity contribution in [2.24, 2.45) is 0 Å². The molecular formula is C18H19FN2O3. The normalized spacial score (nSPS) is 10.7. The highest BCUT2D eigenvalue weighted by Crippen LogP contribution is 2.19. The molecule has 0 unspecified atom stereocenters. The van der Waals surface area contributed by atoms with E-state index in [2.05, 4.69) is 6.92 Å². The summed E-state index contributed by atoms with van der Waals surface area (Å²) in [6.45, 7) is 2.63. The Balaban J connectivity index is 2.61. The summed E-state index contributed by atoms with van der Waals surface area (Å²) in [6.07, 6.45) is 5.16. The fraction of sp³-hybridized carbons (Fsp3) is 0.389. The monoisotopic (exact) mass is 330 g/mol. The highest BCUT2D eigenvalue weighted by atomic mass is 19.1. The first kappa shape index (κ1) is 17.7. The molecule has 1 N–H and O–H groups in total. The topological polar surface area (TPSA) is 83.1 Å². The van der Waals surface area contributed by atoms with Gasteiger partial charge in [-0.1, -0.05) is 26.2 Å². The highest BCUT2D eigenvalue weighted by molar-refractivity contribution is 5.92. The van der Waals surface area contributed by atoms with Crippen LogP contribution >= 0.6 is 0 Å². The number of nitrogens with zero attached hydrogens (tertiary/aromatic N) is 2. The third kappa shape index (κ3) is 3.62. The van der Waals surface area contributed by atoms with Gasteiger partial charge < -0.3 is 9.67 Å². The van der Waals surface area contributed by atoms with Crippen molar-refractivity contribution < 1.29 is 14.3 Å². The number of aryl methyl sites for hydroxylation is 1. The number of hydrogen-bond acceptors (Lipinski definition) is 3. The zero-order valence-electron chi connectivity index (χ0n) is 13.5. The Kier molecular flexibility index (Phi) is 5.69. The van der Waals surface area contributed by atoms with Crippen LogP contribution < -0.4 is 5.43 Å². The van der Waals surface area contributed by atoms with E-state index in [1.165, 1.54) is 12.3 Å². The zero-order valence-corrected chi connectivity index (χ0v) is 13.5. The summed E-state index contributed by atoms with van der Waals surface area (Å²) in [5, 5.41) is 18.0. The molecule has 0 spiro atoms. The molecule has 1 heterocycles. The van der Waals surface area contributed by atoms with Crippen molar-refractivity contribution in [3.8, 4) is 6.07 Å². The molecule has 6 heteroatoms. The Morgan fingerprint density at radius 2 is 2.08 bits per heavy atom. The summed E-state index contributed by atoms with van der Waals surface area (Å²) in [5.41, 5.74) is -0.405. The number of halogens is 1. The third-order valence-electron chi connectivity index (χ3n) is 4.00. The van der Waals surface area contributed by atoms with E-state index in [-0.39, 0.29) is 22.9 Å². The minimum atomic E-state index is -1.33. The van der Waals surface area contributed by atoms with Crippen LogP contribution in [0.5, 0.6) is 0 Å². The summed E-state index contributed by atoms with van der Waals surface area (Å²) in [6, 6.07) is 4.41. The number of rotatable bonds is 7. The first-order valence-electron chi connectivity index (χ1n) is 7.95. The van der Waals surface area contributed by atoms with E-state index in [1.54, 1.807) is 4.57 Å². The van der Waals surface area contributed by atoms with Crippen LogP contribution in [-0.2, 0) is 13.0 Å². The average molecular weight is 330 g/mol. The number of pyridine rings is 1. The van der Waals surface area contributed by atoms with Gasteiger partial charge in [-0.2, -0.15) is 5.26 Å². The van der Waals surface area contributed by atoms with Gasteiger partial charge in [0.2, 0.25) is 5.43 Å². The summed E-state index contributed by atoms with van der Waals surface area (Å²) in [5.74, 6) is -1.99. The molecule has 24 heavy (non-hydrogen) atoms. The standard InChI is InChI=1S/C18H19FN2O3/c1-2-3-4-5-8-21-11-14(18(23)24)17(22)13-10-15(19)12(6-7-20)9-16(13)21/h9-11H,2-6,8H2,1H3,(H,23,24). The fourth-order valence-electron chi connectivity index (χ4n) is 2.72. The number of unbranched alkanes of at least 4 members (excludes halogenated alkanes) is 3. The number of aromatic carboxylic acids is 1. The number of fused-ring (bicyclic) bond motifs is 1. The molecule has 5 nitrogen and oxygen atoms in total. The van der Waals surface area contributed by atoms with Gasteiger partial charge in [-0.15, -0.1) is 0 Å². The molecule has 0 saturated carbocycles. The number of carboxylic acid groups (broad SMARTS) is 1. The Morgan fingerprint density at radius 3 is 2.71 bits per heavy atom. The van der Waals surface area contributed by atoms with Gasteiger partial charge in [0.05, 0.1) is 18.0 Å². The summed E-state index contributed by atoms with van der Waals surface area (Å²) >= 11 is 0. The molecular weight excluding hydrogens is 311 g/mol. The third-order valence-corrected chi connectivity index (χ3v) is 4.00. The van der Waals surface area contributed by atoms with Crippen molar-refractivity contribution in [2.75, 3.05) is 0 Å². The van der Waals surface area contributed by atoms with Crippen molar-refractivity contribution >= 4 is 16.9 Å². The molecule has 0 radical (unpaired) electrons. The maximum Gasteiger partial charge on any atom is 0.341 e. The molecule has 0 aliphatic rings. The van der Waals surface area contributed by atoms with Gasteiger partial charge in [0.1, 0.15) is 11.4 Å². The van der Waals surface area contributed by atoms with Crippen molar-refractivity contribution in [3.05, 3.63) is 45.5 Å². The molecule has 2 rings (SSSR count). The summed E-state index contributed by atoms with van der Waals surface area (Å²) in [7, 11) is 0. The van der Waals surface area contributed by atoms with E-state index in [0.717, 1.165) is 31.7 Å². The number of carbonyl (C=O) groups is 1. The largest absolute Gasteiger partial charge is 0.477 e. The lowest BCUT2D eigenvalue weighted by Gasteiger charge is -2.13. The maximum atomic E-state index is 14.1. The number of benzene rings is 1. The van der Waals surface area contributed by atoms with Gasteiger partial charge >= 0.3 is 5.97 Å². The second-order valence-corrected chi connectivity index (χ2v) is 5.73. The van der Waals surface area contributed by atoms with Gasteiger partial charge in [-0.05, 0) is 18.6 Å². The van der Waals surface area contributed by atoms with Crippen molar-refractivity contribution in [2.45, 2.75) is 45.6 Å². The lowest BCUT2D eigenvalue weighted by molar-refractivity contribution is 0.0695. The van der Waals surface area contributed by atoms with E-state index in [4.69, 9.17) is 5.26 Å². The van der Waals surface area contributed by atoms with Gasteiger partial charge in [0.15, 0.2) is 0 Å². The second kappa shape index (κ2) is 7.73. The van der Waals surface area contributed by atoms with Crippen LogP contribution in [0.2, 0.25) is 0 Å². The van der Waals surface area contributed by atoms with Crippen LogP contribution in [0.1, 0.15) is 48.5 Å². The van der Waals surface area contributed by atoms with Crippen LogP contribution in [0.4, 0.5) is 4.39 Å². The zero-order chi connectivity index (χ0) is 17.7. The number of carboxylic acids is 1. The Morgan fingerprint density at radius 1 is 1.33 bits per heavy atom. The van der Waals surface area contributed by atoms with Crippen LogP contribution in [0.15, 0.2) is 23.1 Å². The predicted octanol–water partition coefficient (Wildman–Crippen LogP) is 3.49. The molecule has 0 aliphatic heterocycles.